The predicted molar refractivity (Wildman–Crippen MR) is 70.9 cm³/mol. The van der Waals surface area contributed by atoms with Crippen LogP contribution in [-0.4, -0.2) is 50.9 Å². The third kappa shape index (κ3) is 2.83. The molecule has 0 aromatic heterocycles. The molecule has 2 rings (SSSR count). The number of hydrogen-bond acceptors (Lipinski definition) is 4. The number of hydrogen-bond donors (Lipinski definition) is 4. The number of carboxylic acid groups (broad SMARTS) is 1. The van der Waals surface area contributed by atoms with Gasteiger partial charge in [-0.3, -0.25) is 0 Å². The number of β-amino-alcohol motifs (C(OH)–C–C–N with tert-alkyl or cyclic N) is 1. The van der Waals surface area contributed by atoms with Crippen LogP contribution in [0.15, 0.2) is 18.2 Å². The first-order valence-corrected chi connectivity index (χ1v) is 6.14. The molecule has 7 heteroatoms. The van der Waals surface area contributed by atoms with Crippen LogP contribution in [0, 0.1) is 0 Å². The van der Waals surface area contributed by atoms with Crippen molar-refractivity contribution in [3.05, 3.63) is 23.8 Å². The Kier molecular flexibility index (Phi) is 3.54. The number of aromatic carboxylic acids is 1. The predicted octanol–water partition coefficient (Wildman–Crippen LogP) is 1.08. The number of anilines is 1. The van der Waals surface area contributed by atoms with E-state index in [1.165, 1.54) is 23.1 Å². The van der Waals surface area contributed by atoms with E-state index >= 15 is 0 Å². The van der Waals surface area contributed by atoms with Crippen molar-refractivity contribution in [1.29, 1.82) is 0 Å². The van der Waals surface area contributed by atoms with Gasteiger partial charge in [0.1, 0.15) is 5.56 Å². The topological polar surface area (TPSA) is 110 Å². The van der Waals surface area contributed by atoms with E-state index in [0.717, 1.165) is 0 Å². The minimum Gasteiger partial charge on any atom is -0.505 e. The second-order valence-electron chi connectivity index (χ2n) is 5.11. The van der Waals surface area contributed by atoms with Crippen LogP contribution in [0.4, 0.5) is 10.5 Å². The zero-order valence-corrected chi connectivity index (χ0v) is 11.0. The summed E-state index contributed by atoms with van der Waals surface area (Å²) >= 11 is 0. The molecule has 1 atom stereocenters. The van der Waals surface area contributed by atoms with Gasteiger partial charge in [0.05, 0.1) is 17.8 Å². The summed E-state index contributed by atoms with van der Waals surface area (Å²) in [5.74, 6) is -1.76. The lowest BCUT2D eigenvalue weighted by Crippen LogP contribution is -2.36. The lowest BCUT2D eigenvalue weighted by molar-refractivity contribution is 0.0693. The number of nitrogens with one attached hydrogen (secondary N) is 1. The molecule has 1 unspecified atom stereocenters. The van der Waals surface area contributed by atoms with Crippen molar-refractivity contribution >= 4 is 17.7 Å². The third-order valence-corrected chi connectivity index (χ3v) is 3.25. The summed E-state index contributed by atoms with van der Waals surface area (Å²) in [5, 5.41) is 30.9. The second kappa shape index (κ2) is 5.01. The number of amides is 2. The zero-order valence-electron chi connectivity index (χ0n) is 11.0. The highest BCUT2D eigenvalue weighted by Gasteiger charge is 2.34. The Morgan fingerprint density at radius 3 is 2.65 bits per heavy atom. The molecule has 0 radical (unpaired) electrons. The van der Waals surface area contributed by atoms with Gasteiger partial charge in [-0.1, -0.05) is 6.07 Å². The summed E-state index contributed by atoms with van der Waals surface area (Å²) in [7, 11) is 0. The van der Waals surface area contributed by atoms with Gasteiger partial charge >= 0.3 is 12.0 Å². The van der Waals surface area contributed by atoms with Gasteiger partial charge in [-0.05, 0) is 25.5 Å². The van der Waals surface area contributed by atoms with Crippen LogP contribution in [0.5, 0.6) is 5.75 Å². The molecule has 7 nitrogen and oxygen atoms in total. The van der Waals surface area contributed by atoms with Crippen LogP contribution in [0.25, 0.3) is 0 Å². The highest BCUT2D eigenvalue weighted by molar-refractivity contribution is 5.97. The maximum atomic E-state index is 12.0. The van der Waals surface area contributed by atoms with E-state index in [9.17, 15) is 19.8 Å². The molecule has 0 aliphatic carbocycles. The van der Waals surface area contributed by atoms with Gasteiger partial charge in [0, 0.05) is 6.54 Å². The van der Waals surface area contributed by atoms with Crippen LogP contribution < -0.4 is 5.32 Å². The monoisotopic (exact) mass is 280 g/mol. The molecular formula is C13H16N2O5. The van der Waals surface area contributed by atoms with E-state index in [1.54, 1.807) is 6.92 Å². The van der Waals surface area contributed by atoms with Crippen molar-refractivity contribution in [3.8, 4) is 5.75 Å². The molecule has 1 aliphatic rings. The van der Waals surface area contributed by atoms with Crippen LogP contribution >= 0.6 is 0 Å². The van der Waals surface area contributed by atoms with E-state index in [-0.39, 0.29) is 17.8 Å². The molecule has 1 aromatic carbocycles. The zero-order chi connectivity index (χ0) is 14.9. The molecule has 108 valence electrons. The lowest BCUT2D eigenvalue weighted by atomic mass is 10.1. The molecule has 1 fully saturated rings. The number of carbonyl (C=O) groups excluding carboxylic acids is 1. The minimum atomic E-state index is -1.28. The largest absolute Gasteiger partial charge is 0.505 e. The molecule has 1 aromatic rings. The van der Waals surface area contributed by atoms with Gasteiger partial charge in [-0.15, -0.1) is 0 Å². The van der Waals surface area contributed by atoms with Gasteiger partial charge in [0.2, 0.25) is 0 Å². The van der Waals surface area contributed by atoms with Gasteiger partial charge in [0.25, 0.3) is 0 Å². The molecule has 1 saturated heterocycles. The number of rotatable bonds is 2. The van der Waals surface area contributed by atoms with Gasteiger partial charge in [-0.25, -0.2) is 9.59 Å². The summed E-state index contributed by atoms with van der Waals surface area (Å²) < 4.78 is 0. The first-order valence-electron chi connectivity index (χ1n) is 6.14. The van der Waals surface area contributed by atoms with Gasteiger partial charge in [-0.2, -0.15) is 0 Å². The Balaban J connectivity index is 2.13. The van der Waals surface area contributed by atoms with Gasteiger partial charge < -0.3 is 25.5 Å². The number of aromatic hydroxyl groups is 1. The smallest absolute Gasteiger partial charge is 0.339 e. The Hall–Kier alpha value is -2.28. The van der Waals surface area contributed by atoms with Crippen molar-refractivity contribution in [2.75, 3.05) is 18.4 Å². The lowest BCUT2D eigenvalue weighted by Gasteiger charge is -2.20. The summed E-state index contributed by atoms with van der Waals surface area (Å²) in [6.07, 6.45) is 0.474. The Morgan fingerprint density at radius 1 is 1.40 bits per heavy atom. The maximum Gasteiger partial charge on any atom is 0.339 e. The number of aliphatic hydroxyl groups is 1. The van der Waals surface area contributed by atoms with Crippen LogP contribution in [-0.2, 0) is 0 Å². The third-order valence-electron chi connectivity index (χ3n) is 3.25. The summed E-state index contributed by atoms with van der Waals surface area (Å²) in [6.45, 7) is 2.24. The van der Waals surface area contributed by atoms with E-state index < -0.39 is 23.4 Å². The number of nitrogens with zero attached hydrogens (tertiary/aromatic N) is 1. The number of benzene rings is 1. The molecule has 1 heterocycles. The summed E-state index contributed by atoms with van der Waals surface area (Å²) in [4.78, 5) is 24.3. The maximum absolute atomic E-state index is 12.0. The fourth-order valence-electron chi connectivity index (χ4n) is 2.13. The number of urea groups is 1. The fraction of sp³-hybridized carbons (Fsp3) is 0.385. The summed E-state index contributed by atoms with van der Waals surface area (Å²) in [5.41, 5.74) is -1.17. The minimum absolute atomic E-state index is 0.0291. The first-order chi connectivity index (χ1) is 9.30. The highest BCUT2D eigenvalue weighted by Crippen LogP contribution is 2.28. The molecule has 4 N–H and O–H groups in total. The number of carboxylic acids is 1. The second-order valence-corrected chi connectivity index (χ2v) is 5.11. The average molecular weight is 280 g/mol. The van der Waals surface area contributed by atoms with E-state index in [2.05, 4.69) is 5.32 Å². The summed E-state index contributed by atoms with van der Waals surface area (Å²) in [6, 6.07) is 3.60. The SMILES string of the molecule is CC1(O)CCN(C(=O)Nc2cccc(C(=O)O)c2O)C1. The van der Waals surface area contributed by atoms with Crippen molar-refractivity contribution in [3.63, 3.8) is 0 Å². The molecular weight excluding hydrogens is 264 g/mol. The normalized spacial score (nSPS) is 21.8. The first kappa shape index (κ1) is 14.1. The fourth-order valence-corrected chi connectivity index (χ4v) is 2.13. The highest BCUT2D eigenvalue weighted by atomic mass is 16.4. The van der Waals surface area contributed by atoms with E-state index in [1.807, 2.05) is 0 Å². The Bertz CT molecular complexity index is 556. The van der Waals surface area contributed by atoms with Crippen molar-refractivity contribution in [2.24, 2.45) is 0 Å². The molecule has 1 aliphatic heterocycles. The molecule has 20 heavy (non-hydrogen) atoms. The number of likely N-dealkylation sites (tertiary alicyclic amines) is 1. The molecule has 0 saturated carbocycles. The van der Waals surface area contributed by atoms with Crippen LogP contribution in [0.3, 0.4) is 0 Å². The standard InChI is InChI=1S/C13H16N2O5/c1-13(20)5-6-15(7-13)12(19)14-9-4-2-3-8(10(9)16)11(17)18/h2-4,16,20H,5-7H2,1H3,(H,14,19)(H,17,18). The van der Waals surface area contributed by atoms with Crippen LogP contribution in [0.1, 0.15) is 23.7 Å². The quantitative estimate of drug-likeness (QED) is 0.606. The van der Waals surface area contributed by atoms with Crippen molar-refractivity contribution in [1.82, 2.24) is 4.90 Å². The van der Waals surface area contributed by atoms with Crippen molar-refractivity contribution < 1.29 is 24.9 Å². The van der Waals surface area contributed by atoms with Crippen LogP contribution in [0.2, 0.25) is 0 Å². The Morgan fingerprint density at radius 2 is 2.10 bits per heavy atom. The molecule has 2 amide bonds. The average Bonchev–Trinajstić information content (AvgIpc) is 2.72. The van der Waals surface area contributed by atoms with Gasteiger partial charge in [0.15, 0.2) is 5.75 Å². The molecule has 0 spiro atoms. The number of carbonyl (C=O) groups is 2. The number of para-hydroxylation sites is 1. The molecule has 0 bridgehead atoms. The van der Waals surface area contributed by atoms with Crippen molar-refractivity contribution in [2.45, 2.75) is 18.9 Å². The van der Waals surface area contributed by atoms with E-state index in [4.69, 9.17) is 5.11 Å². The Labute approximate surface area is 115 Å². The van der Waals surface area contributed by atoms with E-state index in [0.29, 0.717) is 13.0 Å². The number of phenols is 1.